The molecule has 0 bridgehead atoms. The average molecular weight is 267 g/mol. The summed E-state index contributed by atoms with van der Waals surface area (Å²) in [6.45, 7) is 5.86. The SMILES string of the molecule is C=CCCSc1nsnc1C1=CCCN(C)C1. The van der Waals surface area contributed by atoms with Crippen molar-refractivity contribution >= 4 is 29.1 Å². The smallest absolute Gasteiger partial charge is 0.138 e. The van der Waals surface area contributed by atoms with Gasteiger partial charge in [-0.2, -0.15) is 8.75 Å². The predicted molar refractivity (Wildman–Crippen MR) is 75.5 cm³/mol. The van der Waals surface area contributed by atoms with Crippen molar-refractivity contribution < 1.29 is 0 Å². The van der Waals surface area contributed by atoms with Crippen molar-refractivity contribution in [2.24, 2.45) is 0 Å². The molecule has 1 aromatic rings. The van der Waals surface area contributed by atoms with Crippen LogP contribution in [0.4, 0.5) is 0 Å². The molecule has 0 fully saturated rings. The average Bonchev–Trinajstić information content (AvgIpc) is 2.78. The molecule has 92 valence electrons. The van der Waals surface area contributed by atoms with Crippen molar-refractivity contribution in [1.82, 2.24) is 13.6 Å². The molecule has 0 aromatic carbocycles. The van der Waals surface area contributed by atoms with E-state index < -0.39 is 0 Å². The van der Waals surface area contributed by atoms with Crippen LogP contribution >= 0.6 is 23.5 Å². The Morgan fingerprint density at radius 1 is 1.59 bits per heavy atom. The topological polar surface area (TPSA) is 29.0 Å². The van der Waals surface area contributed by atoms with Gasteiger partial charge in [0.1, 0.15) is 10.7 Å². The van der Waals surface area contributed by atoms with Gasteiger partial charge in [0.15, 0.2) is 0 Å². The van der Waals surface area contributed by atoms with E-state index in [0.29, 0.717) is 0 Å². The lowest BCUT2D eigenvalue weighted by molar-refractivity contribution is 0.372. The Hall–Kier alpha value is -0.650. The molecule has 1 aliphatic heterocycles. The quantitative estimate of drug-likeness (QED) is 0.466. The van der Waals surface area contributed by atoms with E-state index in [0.717, 1.165) is 42.4 Å². The maximum atomic E-state index is 4.44. The van der Waals surface area contributed by atoms with E-state index >= 15 is 0 Å². The zero-order valence-electron chi connectivity index (χ0n) is 10.1. The van der Waals surface area contributed by atoms with Crippen LogP contribution in [0.2, 0.25) is 0 Å². The second-order valence-electron chi connectivity index (χ2n) is 4.10. The first-order valence-corrected chi connectivity index (χ1v) is 7.47. The van der Waals surface area contributed by atoms with Crippen molar-refractivity contribution in [1.29, 1.82) is 0 Å². The second-order valence-corrected chi connectivity index (χ2v) is 5.71. The number of hydrogen-bond acceptors (Lipinski definition) is 5. The molecule has 1 aliphatic rings. The Bertz CT molecular complexity index is 412. The molecular formula is C12H17N3S2. The Balaban J connectivity index is 2.07. The third-order valence-electron chi connectivity index (χ3n) is 2.67. The third-order valence-corrected chi connectivity index (χ3v) is 4.31. The van der Waals surface area contributed by atoms with Gasteiger partial charge in [-0.3, -0.25) is 0 Å². The highest BCUT2D eigenvalue weighted by Gasteiger charge is 2.17. The first-order chi connectivity index (χ1) is 8.31. The Morgan fingerprint density at radius 2 is 2.47 bits per heavy atom. The molecule has 0 unspecified atom stereocenters. The summed E-state index contributed by atoms with van der Waals surface area (Å²) in [5, 5.41) is 1.08. The molecular weight excluding hydrogens is 250 g/mol. The second kappa shape index (κ2) is 6.33. The first kappa shape index (κ1) is 12.8. The molecule has 2 rings (SSSR count). The number of likely N-dealkylation sites (N-methyl/N-ethyl adjacent to an activating group) is 1. The van der Waals surface area contributed by atoms with Crippen LogP contribution in [0.5, 0.6) is 0 Å². The van der Waals surface area contributed by atoms with Crippen molar-refractivity contribution in [3.8, 4) is 0 Å². The molecule has 3 nitrogen and oxygen atoms in total. The molecule has 0 saturated carbocycles. The highest BCUT2D eigenvalue weighted by Crippen LogP contribution is 2.29. The van der Waals surface area contributed by atoms with E-state index in [1.54, 1.807) is 11.8 Å². The van der Waals surface area contributed by atoms with Gasteiger partial charge in [-0.05, 0) is 25.5 Å². The Kier molecular flexibility index (Phi) is 4.76. The van der Waals surface area contributed by atoms with Crippen molar-refractivity contribution in [2.45, 2.75) is 17.9 Å². The summed E-state index contributed by atoms with van der Waals surface area (Å²) in [7, 11) is 2.15. The van der Waals surface area contributed by atoms with Crippen LogP contribution in [0.15, 0.2) is 23.8 Å². The van der Waals surface area contributed by atoms with E-state index in [1.807, 2.05) is 6.08 Å². The van der Waals surface area contributed by atoms with Crippen molar-refractivity contribution in [3.63, 3.8) is 0 Å². The van der Waals surface area contributed by atoms with Crippen LogP contribution in [-0.4, -0.2) is 39.5 Å². The lowest BCUT2D eigenvalue weighted by atomic mass is 10.1. The normalized spacial score (nSPS) is 16.9. The predicted octanol–water partition coefficient (Wildman–Crippen LogP) is 2.93. The Labute approximate surface area is 111 Å². The third kappa shape index (κ3) is 3.40. The van der Waals surface area contributed by atoms with Gasteiger partial charge in [0.25, 0.3) is 0 Å². The summed E-state index contributed by atoms with van der Waals surface area (Å²) in [5.74, 6) is 1.03. The van der Waals surface area contributed by atoms with Crippen LogP contribution in [0.25, 0.3) is 5.57 Å². The minimum atomic E-state index is 0.987. The maximum absolute atomic E-state index is 4.44. The largest absolute Gasteiger partial charge is 0.302 e. The van der Waals surface area contributed by atoms with Gasteiger partial charge < -0.3 is 4.90 Å². The van der Waals surface area contributed by atoms with Gasteiger partial charge >= 0.3 is 0 Å². The molecule has 0 aliphatic carbocycles. The summed E-state index contributed by atoms with van der Waals surface area (Å²) in [6.07, 6.45) is 6.37. The fourth-order valence-electron chi connectivity index (χ4n) is 1.78. The van der Waals surface area contributed by atoms with Gasteiger partial charge in [0, 0.05) is 18.8 Å². The number of hydrogen-bond donors (Lipinski definition) is 0. The lowest BCUT2D eigenvalue weighted by Crippen LogP contribution is -2.25. The van der Waals surface area contributed by atoms with Gasteiger partial charge in [-0.25, -0.2) is 0 Å². The van der Waals surface area contributed by atoms with Crippen LogP contribution < -0.4 is 0 Å². The maximum Gasteiger partial charge on any atom is 0.138 e. The monoisotopic (exact) mass is 267 g/mol. The van der Waals surface area contributed by atoms with E-state index in [2.05, 4.69) is 33.3 Å². The molecule has 0 atom stereocenters. The molecule has 0 spiro atoms. The van der Waals surface area contributed by atoms with Crippen molar-refractivity contribution in [2.75, 3.05) is 25.9 Å². The molecule has 0 amide bonds. The molecule has 0 N–H and O–H groups in total. The summed E-state index contributed by atoms with van der Waals surface area (Å²) in [6, 6.07) is 0. The fraction of sp³-hybridized carbons (Fsp3) is 0.500. The van der Waals surface area contributed by atoms with Gasteiger partial charge in [-0.15, -0.1) is 18.3 Å². The number of allylic oxidation sites excluding steroid dienone is 1. The van der Waals surface area contributed by atoms with Crippen LogP contribution in [0, 0.1) is 0 Å². The first-order valence-electron chi connectivity index (χ1n) is 5.75. The number of rotatable bonds is 5. The Morgan fingerprint density at radius 3 is 3.24 bits per heavy atom. The van der Waals surface area contributed by atoms with E-state index in [1.165, 1.54) is 17.3 Å². The van der Waals surface area contributed by atoms with E-state index in [9.17, 15) is 0 Å². The molecule has 0 saturated heterocycles. The lowest BCUT2D eigenvalue weighted by Gasteiger charge is -2.22. The minimum Gasteiger partial charge on any atom is -0.302 e. The van der Waals surface area contributed by atoms with Crippen molar-refractivity contribution in [3.05, 3.63) is 24.4 Å². The molecule has 5 heteroatoms. The summed E-state index contributed by atoms with van der Waals surface area (Å²) in [4.78, 5) is 2.33. The highest BCUT2D eigenvalue weighted by molar-refractivity contribution is 7.99. The van der Waals surface area contributed by atoms with E-state index in [-0.39, 0.29) is 0 Å². The molecule has 0 radical (unpaired) electrons. The van der Waals surface area contributed by atoms with Crippen LogP contribution in [0.1, 0.15) is 18.5 Å². The fourth-order valence-corrected chi connectivity index (χ4v) is 3.42. The van der Waals surface area contributed by atoms with Crippen LogP contribution in [-0.2, 0) is 0 Å². The summed E-state index contributed by atoms with van der Waals surface area (Å²) in [5.41, 5.74) is 2.42. The number of nitrogens with zero attached hydrogens (tertiary/aromatic N) is 3. The zero-order valence-corrected chi connectivity index (χ0v) is 11.7. The summed E-state index contributed by atoms with van der Waals surface area (Å²) >= 11 is 3.09. The molecule has 1 aromatic heterocycles. The zero-order chi connectivity index (χ0) is 12.1. The highest BCUT2D eigenvalue weighted by atomic mass is 32.2. The van der Waals surface area contributed by atoms with Crippen LogP contribution in [0.3, 0.4) is 0 Å². The molecule has 2 heterocycles. The number of aromatic nitrogens is 2. The number of thioether (sulfide) groups is 1. The minimum absolute atomic E-state index is 0.987. The van der Waals surface area contributed by atoms with E-state index in [4.69, 9.17) is 0 Å². The molecule has 17 heavy (non-hydrogen) atoms. The van der Waals surface area contributed by atoms with Gasteiger partial charge in [0.05, 0.1) is 11.7 Å². The standard InChI is InChI=1S/C12H17N3S2/c1-3-4-8-16-12-11(13-17-14-12)10-6-5-7-15(2)9-10/h3,6H,1,4-5,7-9H2,2H3. The van der Waals surface area contributed by atoms with Gasteiger partial charge in [0.2, 0.25) is 0 Å². The van der Waals surface area contributed by atoms with Gasteiger partial charge in [-0.1, -0.05) is 12.2 Å². The summed E-state index contributed by atoms with van der Waals surface area (Å²) < 4.78 is 8.83.